The van der Waals surface area contributed by atoms with E-state index in [1.54, 1.807) is 0 Å². The van der Waals surface area contributed by atoms with Crippen LogP contribution in [0.3, 0.4) is 0 Å². The fourth-order valence-electron chi connectivity index (χ4n) is 15.5. The highest BCUT2D eigenvalue weighted by atomic mass is 15.0. The van der Waals surface area contributed by atoms with Gasteiger partial charge >= 0.3 is 0 Å². The molecule has 0 saturated heterocycles. The van der Waals surface area contributed by atoms with E-state index in [0.717, 1.165) is 56.2 Å². The molecule has 0 aliphatic heterocycles. The summed E-state index contributed by atoms with van der Waals surface area (Å²) < 4.78 is 14.6. The van der Waals surface area contributed by atoms with Crippen molar-refractivity contribution in [2.75, 3.05) is 0 Å². The average molecular weight is 1150 g/mol. The standard InChI is InChI=1S/C84H52N6/c1-2-19-55(20-3-1)85-81-44-39-60(90-79-36-17-10-29-67(79)71-51-59(41-46-83(71)90)89-75-32-13-6-25-63(75)64-26-7-14-33-76(64)89)52-72(81)68-42-37-54(48-84(68)85)53-38-43-80-69(47-53)65-27-8-15-34-77(65)86(80)56-21-18-22-57(49-56)87-78-35-16-9-28-66(78)70-50-58(40-45-82(70)87)88-73-30-11-4-23-61(73)62-24-5-12-31-74(62)88/h1-52H. The molecule has 6 heteroatoms. The van der Waals surface area contributed by atoms with Gasteiger partial charge in [0.1, 0.15) is 0 Å². The summed E-state index contributed by atoms with van der Waals surface area (Å²) in [5.74, 6) is 0. The first-order valence-electron chi connectivity index (χ1n) is 31.0. The summed E-state index contributed by atoms with van der Waals surface area (Å²) in [6, 6.07) is 117. The Labute approximate surface area is 516 Å². The van der Waals surface area contributed by atoms with Gasteiger partial charge in [0.25, 0.3) is 0 Å². The first-order valence-corrected chi connectivity index (χ1v) is 31.0. The van der Waals surface area contributed by atoms with Crippen LogP contribution in [0.15, 0.2) is 315 Å². The Morgan fingerprint density at radius 1 is 0.122 bits per heavy atom. The quantitative estimate of drug-likeness (QED) is 0.152. The predicted molar refractivity (Wildman–Crippen MR) is 378 cm³/mol. The summed E-state index contributed by atoms with van der Waals surface area (Å²) >= 11 is 0. The molecule has 0 atom stereocenters. The highest BCUT2D eigenvalue weighted by Crippen LogP contribution is 2.43. The van der Waals surface area contributed by atoms with E-state index < -0.39 is 0 Å². The van der Waals surface area contributed by atoms with Crippen molar-refractivity contribution in [2.24, 2.45) is 0 Å². The summed E-state index contributed by atoms with van der Waals surface area (Å²) in [7, 11) is 0. The van der Waals surface area contributed by atoms with Gasteiger partial charge in [-0.15, -0.1) is 0 Å². The van der Waals surface area contributed by atoms with E-state index >= 15 is 0 Å². The minimum absolute atomic E-state index is 1.11. The lowest BCUT2D eigenvalue weighted by Gasteiger charge is -2.13. The van der Waals surface area contributed by atoms with Crippen LogP contribution in [-0.4, -0.2) is 27.4 Å². The molecule has 90 heavy (non-hydrogen) atoms. The van der Waals surface area contributed by atoms with Crippen molar-refractivity contribution in [2.45, 2.75) is 0 Å². The van der Waals surface area contributed by atoms with Crippen LogP contribution < -0.4 is 0 Å². The normalized spacial score (nSPS) is 12.2. The maximum Gasteiger partial charge on any atom is 0.0547 e. The highest BCUT2D eigenvalue weighted by molar-refractivity contribution is 6.17. The molecular weight excluding hydrogens is 1090 g/mol. The van der Waals surface area contributed by atoms with Gasteiger partial charge in [0.2, 0.25) is 0 Å². The third-order valence-corrected chi connectivity index (χ3v) is 19.4. The van der Waals surface area contributed by atoms with Crippen molar-refractivity contribution < 1.29 is 0 Å². The molecule has 0 fully saturated rings. The lowest BCUT2D eigenvalue weighted by Crippen LogP contribution is -1.99. The second kappa shape index (κ2) is 18.7. The van der Waals surface area contributed by atoms with Gasteiger partial charge in [-0.1, -0.05) is 170 Å². The second-order valence-electron chi connectivity index (χ2n) is 24.1. The van der Waals surface area contributed by atoms with Gasteiger partial charge in [-0.2, -0.15) is 0 Å². The van der Waals surface area contributed by atoms with E-state index in [1.807, 2.05) is 0 Å². The largest absolute Gasteiger partial charge is 0.309 e. The Bertz CT molecular complexity index is 6310. The van der Waals surface area contributed by atoms with Crippen molar-refractivity contribution in [3.05, 3.63) is 315 Å². The number of para-hydroxylation sites is 8. The summed E-state index contributed by atoms with van der Waals surface area (Å²) in [5, 5.41) is 14.8. The number of aromatic nitrogens is 6. The van der Waals surface area contributed by atoms with Crippen molar-refractivity contribution in [3.8, 4) is 45.3 Å². The number of fused-ring (bicyclic) bond motifs is 18. The summed E-state index contributed by atoms with van der Waals surface area (Å²) in [5.41, 5.74) is 23.3. The zero-order valence-electron chi connectivity index (χ0n) is 48.7. The molecule has 6 aromatic heterocycles. The number of benzene rings is 14. The first kappa shape index (κ1) is 49.0. The zero-order valence-corrected chi connectivity index (χ0v) is 48.7. The molecule has 20 aromatic rings. The fraction of sp³-hybridized carbons (Fsp3) is 0. The Morgan fingerprint density at radius 3 is 0.744 bits per heavy atom. The zero-order chi connectivity index (χ0) is 58.7. The SMILES string of the molecule is c1ccc(-n2c3ccc(-n4c5ccccc5c5cc(-n6c7ccccc7c7ccccc76)ccc54)cc3c3ccc(-c4ccc5c(c4)c4ccccc4n5-c4cccc(-n5c6ccccc6c6cc(-n7c8ccccc8c8ccccc87)ccc65)c4)cc32)cc1. The number of hydrogen-bond donors (Lipinski definition) is 0. The van der Waals surface area contributed by atoms with E-state index in [0.29, 0.717) is 0 Å². The third-order valence-electron chi connectivity index (χ3n) is 19.4. The minimum Gasteiger partial charge on any atom is -0.309 e. The Hall–Kier alpha value is -12.1. The Morgan fingerprint density at radius 2 is 0.367 bits per heavy atom. The molecule has 0 aliphatic carbocycles. The number of hydrogen-bond acceptors (Lipinski definition) is 0. The molecule has 0 saturated carbocycles. The van der Waals surface area contributed by atoms with Crippen LogP contribution >= 0.6 is 0 Å². The molecule has 0 spiro atoms. The van der Waals surface area contributed by atoms with Gasteiger partial charge in [-0.05, 0) is 157 Å². The van der Waals surface area contributed by atoms with Crippen LogP contribution in [0.1, 0.15) is 0 Å². The van der Waals surface area contributed by atoms with Gasteiger partial charge < -0.3 is 27.4 Å². The van der Waals surface area contributed by atoms with Gasteiger partial charge in [0.05, 0.1) is 66.2 Å². The number of nitrogens with zero attached hydrogens (tertiary/aromatic N) is 6. The van der Waals surface area contributed by atoms with Crippen LogP contribution in [0.4, 0.5) is 0 Å². The fourth-order valence-corrected chi connectivity index (χ4v) is 15.5. The molecule has 0 radical (unpaired) electrons. The molecule has 14 aromatic carbocycles. The second-order valence-corrected chi connectivity index (χ2v) is 24.1. The third kappa shape index (κ3) is 6.92. The van der Waals surface area contributed by atoms with Crippen LogP contribution in [0.25, 0.3) is 176 Å². The smallest absolute Gasteiger partial charge is 0.0547 e. The molecule has 6 heterocycles. The summed E-state index contributed by atoms with van der Waals surface area (Å²) in [4.78, 5) is 0. The molecule has 0 aliphatic rings. The van der Waals surface area contributed by atoms with Crippen LogP contribution in [0.5, 0.6) is 0 Å². The van der Waals surface area contributed by atoms with E-state index in [9.17, 15) is 0 Å². The maximum atomic E-state index is 2.45. The monoisotopic (exact) mass is 1140 g/mol. The number of rotatable bonds is 7. The first-order chi connectivity index (χ1) is 44.7. The van der Waals surface area contributed by atoms with Crippen molar-refractivity contribution in [3.63, 3.8) is 0 Å². The molecule has 0 N–H and O–H groups in total. The average Bonchev–Trinajstić information content (AvgIpc) is 2.82. The Kier molecular flexibility index (Phi) is 10.2. The van der Waals surface area contributed by atoms with E-state index in [4.69, 9.17) is 0 Å². The van der Waals surface area contributed by atoms with E-state index in [2.05, 4.69) is 343 Å². The molecular formula is C84H52N6. The molecule has 6 nitrogen and oxygen atoms in total. The van der Waals surface area contributed by atoms with Crippen molar-refractivity contribution >= 4 is 131 Å². The summed E-state index contributed by atoms with van der Waals surface area (Å²) in [6.07, 6.45) is 0. The van der Waals surface area contributed by atoms with Crippen molar-refractivity contribution in [1.82, 2.24) is 27.4 Å². The minimum atomic E-state index is 1.11. The predicted octanol–water partition coefficient (Wildman–Crippen LogP) is 21.9. The molecule has 0 amide bonds. The molecule has 0 bridgehead atoms. The maximum absolute atomic E-state index is 2.45. The van der Waals surface area contributed by atoms with Crippen LogP contribution in [-0.2, 0) is 0 Å². The van der Waals surface area contributed by atoms with Crippen molar-refractivity contribution in [1.29, 1.82) is 0 Å². The van der Waals surface area contributed by atoms with Crippen LogP contribution in [0.2, 0.25) is 0 Å². The summed E-state index contributed by atoms with van der Waals surface area (Å²) in [6.45, 7) is 0. The lowest BCUT2D eigenvalue weighted by molar-refractivity contribution is 1.13. The topological polar surface area (TPSA) is 29.6 Å². The molecule has 418 valence electrons. The van der Waals surface area contributed by atoms with E-state index in [1.165, 1.54) is 120 Å². The van der Waals surface area contributed by atoms with Gasteiger partial charge in [-0.3, -0.25) is 0 Å². The van der Waals surface area contributed by atoms with E-state index in [-0.39, 0.29) is 0 Å². The van der Waals surface area contributed by atoms with Gasteiger partial charge in [0.15, 0.2) is 0 Å². The van der Waals surface area contributed by atoms with Crippen LogP contribution in [0, 0.1) is 0 Å². The lowest BCUT2D eigenvalue weighted by atomic mass is 10.0. The molecule has 0 unspecified atom stereocenters. The van der Waals surface area contributed by atoms with Gasteiger partial charge in [0, 0.05) is 98.8 Å². The Balaban J connectivity index is 0.707. The van der Waals surface area contributed by atoms with Gasteiger partial charge in [-0.25, -0.2) is 0 Å². The highest BCUT2D eigenvalue weighted by Gasteiger charge is 2.22. The molecule has 20 rings (SSSR count).